The normalized spacial score (nSPS) is 19.6. The molecule has 0 bridgehead atoms. The van der Waals surface area contributed by atoms with E-state index < -0.39 is 12.2 Å². The largest absolute Gasteiger partial charge is 0.337 e. The van der Waals surface area contributed by atoms with Crippen LogP contribution in [0.15, 0.2) is 48.5 Å². The molecule has 0 saturated carbocycles. The molecular weight excluding hydrogens is 557 g/mol. The van der Waals surface area contributed by atoms with Gasteiger partial charge in [0, 0.05) is 13.1 Å². The van der Waals surface area contributed by atoms with E-state index in [1.807, 2.05) is 42.7 Å². The summed E-state index contributed by atoms with van der Waals surface area (Å²) in [7, 11) is 0. The summed E-state index contributed by atoms with van der Waals surface area (Å²) < 4.78 is 0. The number of hydrazine groups is 1. The van der Waals surface area contributed by atoms with Gasteiger partial charge in [-0.25, -0.2) is 9.80 Å². The smallest absolute Gasteiger partial charge is 0.334 e. The van der Waals surface area contributed by atoms with Crippen molar-refractivity contribution >= 4 is 52.8 Å². The number of amides is 4. The van der Waals surface area contributed by atoms with E-state index in [2.05, 4.69) is 11.2 Å². The zero-order chi connectivity index (χ0) is 27.9. The van der Waals surface area contributed by atoms with Crippen LogP contribution in [-0.2, 0) is 22.6 Å². The zero-order valence-electron chi connectivity index (χ0n) is 21.7. The Morgan fingerprint density at radius 3 is 2.59 bits per heavy atom. The van der Waals surface area contributed by atoms with Gasteiger partial charge in [0.15, 0.2) is 0 Å². The molecule has 2 aromatic carbocycles. The predicted octanol–water partition coefficient (Wildman–Crippen LogP) is 3.73. The number of halogens is 2. The van der Waals surface area contributed by atoms with Crippen molar-refractivity contribution in [3.63, 3.8) is 0 Å². The molecule has 2 heterocycles. The van der Waals surface area contributed by atoms with E-state index in [9.17, 15) is 14.4 Å². The second kappa shape index (κ2) is 13.4. The van der Waals surface area contributed by atoms with Gasteiger partial charge in [0.2, 0.25) is 11.8 Å². The van der Waals surface area contributed by atoms with Gasteiger partial charge in [0.25, 0.3) is 0 Å². The molecule has 0 unspecified atom stereocenters. The van der Waals surface area contributed by atoms with Crippen molar-refractivity contribution in [2.24, 2.45) is 0 Å². The van der Waals surface area contributed by atoms with Gasteiger partial charge < -0.3 is 15.1 Å². The summed E-state index contributed by atoms with van der Waals surface area (Å²) in [6, 6.07) is 13.9. The SMILES string of the molecule is C#CCN1CC(=O)N2[C@@H](CCSC)C(=O)N(CCc3ccc(Cl)c(Cl)c3)C[C@@H]2N1C(=O)NCc1ccccc1. The molecule has 8 nitrogen and oxygen atoms in total. The highest BCUT2D eigenvalue weighted by molar-refractivity contribution is 7.98. The first-order valence-electron chi connectivity index (χ1n) is 12.7. The van der Waals surface area contributed by atoms with Gasteiger partial charge in [-0.1, -0.05) is 65.5 Å². The van der Waals surface area contributed by atoms with E-state index in [0.717, 1.165) is 11.1 Å². The maximum absolute atomic E-state index is 13.7. The number of terminal acetylenes is 1. The molecular formula is C28H31Cl2N5O3S. The van der Waals surface area contributed by atoms with Gasteiger partial charge >= 0.3 is 6.03 Å². The molecule has 39 heavy (non-hydrogen) atoms. The number of nitrogens with zero attached hydrogens (tertiary/aromatic N) is 4. The molecule has 0 aromatic heterocycles. The van der Waals surface area contributed by atoms with Crippen LogP contribution in [0.1, 0.15) is 17.5 Å². The third-order valence-corrected chi connectivity index (χ3v) is 8.23. The number of hydrogen-bond donors (Lipinski definition) is 1. The van der Waals surface area contributed by atoms with Crippen molar-refractivity contribution in [2.75, 3.05) is 38.2 Å². The van der Waals surface area contributed by atoms with Gasteiger partial charge in [0.05, 0.1) is 29.7 Å². The van der Waals surface area contributed by atoms with Gasteiger partial charge in [-0.15, -0.1) is 6.42 Å². The second-order valence-corrected chi connectivity index (χ2v) is 11.2. The maximum atomic E-state index is 13.7. The first kappa shape index (κ1) is 29.1. The van der Waals surface area contributed by atoms with E-state index in [0.29, 0.717) is 41.7 Å². The van der Waals surface area contributed by atoms with Crippen LogP contribution in [0.25, 0.3) is 0 Å². The van der Waals surface area contributed by atoms with Crippen LogP contribution in [0.5, 0.6) is 0 Å². The molecule has 4 rings (SSSR count). The van der Waals surface area contributed by atoms with Gasteiger partial charge in [0.1, 0.15) is 12.2 Å². The molecule has 2 aliphatic rings. The number of hydrogen-bond acceptors (Lipinski definition) is 5. The third-order valence-electron chi connectivity index (χ3n) is 6.85. The summed E-state index contributed by atoms with van der Waals surface area (Å²) in [5.41, 5.74) is 1.88. The van der Waals surface area contributed by atoms with E-state index in [4.69, 9.17) is 29.6 Å². The van der Waals surface area contributed by atoms with Crippen molar-refractivity contribution in [3.8, 4) is 12.3 Å². The van der Waals surface area contributed by atoms with Crippen LogP contribution in [0.3, 0.4) is 0 Å². The third kappa shape index (κ3) is 6.82. The lowest BCUT2D eigenvalue weighted by Gasteiger charge is -2.55. The molecule has 1 N–H and O–H groups in total. The fraction of sp³-hybridized carbons (Fsp3) is 0.393. The number of thioether (sulfide) groups is 1. The number of piperazine rings is 1. The Balaban J connectivity index is 1.60. The van der Waals surface area contributed by atoms with Crippen LogP contribution in [0.4, 0.5) is 4.79 Å². The molecule has 4 amide bonds. The molecule has 0 radical (unpaired) electrons. The number of carbonyl (C=O) groups excluding carboxylic acids is 3. The Kier molecular flexibility index (Phi) is 10.0. The highest BCUT2D eigenvalue weighted by Crippen LogP contribution is 2.29. The highest BCUT2D eigenvalue weighted by Gasteiger charge is 2.50. The van der Waals surface area contributed by atoms with Crippen molar-refractivity contribution < 1.29 is 14.4 Å². The monoisotopic (exact) mass is 587 g/mol. The summed E-state index contributed by atoms with van der Waals surface area (Å²) in [5, 5.41) is 6.99. The average Bonchev–Trinajstić information content (AvgIpc) is 2.93. The lowest BCUT2D eigenvalue weighted by molar-refractivity contribution is -0.188. The molecule has 0 aliphatic carbocycles. The molecule has 11 heteroatoms. The molecule has 2 aliphatic heterocycles. The molecule has 2 saturated heterocycles. The second-order valence-electron chi connectivity index (χ2n) is 9.38. The lowest BCUT2D eigenvalue weighted by atomic mass is 10.0. The van der Waals surface area contributed by atoms with E-state index in [-0.39, 0.29) is 37.5 Å². The minimum atomic E-state index is -0.686. The molecule has 0 spiro atoms. The number of urea groups is 1. The Morgan fingerprint density at radius 2 is 1.90 bits per heavy atom. The minimum absolute atomic E-state index is 0.0776. The van der Waals surface area contributed by atoms with Crippen molar-refractivity contribution in [2.45, 2.75) is 31.6 Å². The number of carbonyl (C=O) groups is 3. The quantitative estimate of drug-likeness (QED) is 0.452. The topological polar surface area (TPSA) is 76.2 Å². The Morgan fingerprint density at radius 1 is 1.13 bits per heavy atom. The summed E-state index contributed by atoms with van der Waals surface area (Å²) in [6.07, 6.45) is 7.92. The first-order chi connectivity index (χ1) is 18.8. The van der Waals surface area contributed by atoms with Crippen LogP contribution in [0, 0.1) is 12.3 Å². The fourth-order valence-electron chi connectivity index (χ4n) is 4.96. The van der Waals surface area contributed by atoms with Gasteiger partial charge in [-0.05, 0) is 48.1 Å². The zero-order valence-corrected chi connectivity index (χ0v) is 24.0. The summed E-state index contributed by atoms with van der Waals surface area (Å²) in [6.45, 7) is 0.894. The molecule has 2 aromatic rings. The average molecular weight is 589 g/mol. The highest BCUT2D eigenvalue weighted by atomic mass is 35.5. The van der Waals surface area contributed by atoms with Gasteiger partial charge in [-0.2, -0.15) is 16.8 Å². The number of benzene rings is 2. The Labute approximate surface area is 243 Å². The number of nitrogens with one attached hydrogen (secondary N) is 1. The minimum Gasteiger partial charge on any atom is -0.337 e. The molecule has 2 atom stereocenters. The van der Waals surface area contributed by atoms with E-state index in [1.54, 1.807) is 38.7 Å². The van der Waals surface area contributed by atoms with Crippen molar-refractivity contribution in [3.05, 3.63) is 69.7 Å². The van der Waals surface area contributed by atoms with Crippen LogP contribution in [0.2, 0.25) is 10.0 Å². The fourth-order valence-corrected chi connectivity index (χ4v) is 5.74. The summed E-state index contributed by atoms with van der Waals surface area (Å²) in [4.78, 5) is 44.0. The van der Waals surface area contributed by atoms with E-state index >= 15 is 0 Å². The predicted molar refractivity (Wildman–Crippen MR) is 155 cm³/mol. The molecule has 2 fully saturated rings. The van der Waals surface area contributed by atoms with Crippen molar-refractivity contribution in [1.82, 2.24) is 25.1 Å². The van der Waals surface area contributed by atoms with Crippen molar-refractivity contribution in [1.29, 1.82) is 0 Å². The molecule has 206 valence electrons. The Bertz CT molecular complexity index is 1240. The first-order valence-corrected chi connectivity index (χ1v) is 14.8. The van der Waals surface area contributed by atoms with Crippen LogP contribution in [-0.4, -0.2) is 88.1 Å². The number of rotatable bonds is 9. The summed E-state index contributed by atoms with van der Waals surface area (Å²) >= 11 is 13.9. The van der Waals surface area contributed by atoms with E-state index in [1.165, 1.54) is 5.01 Å². The number of fused-ring (bicyclic) bond motifs is 1. The summed E-state index contributed by atoms with van der Waals surface area (Å²) in [5.74, 6) is 2.92. The standard InChI is InChI=1S/C28H31Cl2N5O3S/c1-3-13-33-19-26(36)34-24(12-15-39-2)27(37)32(14-11-20-9-10-22(29)23(30)16-20)18-25(34)35(33)28(38)31-17-21-7-5-4-6-8-21/h1,4-10,16,24-25H,11-15,17-19H2,2H3,(H,31,38)/t24-,25-/m0/s1. The lowest BCUT2D eigenvalue weighted by Crippen LogP contribution is -2.76. The van der Waals surface area contributed by atoms with Crippen LogP contribution >= 0.6 is 35.0 Å². The van der Waals surface area contributed by atoms with Crippen LogP contribution < -0.4 is 5.32 Å². The maximum Gasteiger partial charge on any atom is 0.334 e. The van der Waals surface area contributed by atoms with Gasteiger partial charge in [-0.3, -0.25) is 9.59 Å². The Hall–Kier alpha value is -2.90.